The summed E-state index contributed by atoms with van der Waals surface area (Å²) >= 11 is 0. The lowest BCUT2D eigenvalue weighted by molar-refractivity contribution is -0.133. The summed E-state index contributed by atoms with van der Waals surface area (Å²) in [5.41, 5.74) is 5.55. The number of nitrogens with zero attached hydrogens (tertiary/aromatic N) is 2. The second-order valence-electron chi connectivity index (χ2n) is 7.34. The maximum atomic E-state index is 12.9. The maximum absolute atomic E-state index is 12.9. The molecule has 4 rings (SSSR count). The zero-order valence-corrected chi connectivity index (χ0v) is 14.9. The average molecular weight is 334 g/mol. The highest BCUT2D eigenvalue weighted by molar-refractivity contribution is 5.78. The summed E-state index contributed by atoms with van der Waals surface area (Å²) in [5, 5.41) is 0. The van der Waals surface area contributed by atoms with Crippen LogP contribution in [0.1, 0.15) is 41.1 Å². The average Bonchev–Trinajstić information content (AvgIpc) is 2.67. The first-order valence-corrected chi connectivity index (χ1v) is 9.35. The van der Waals surface area contributed by atoms with Crippen LogP contribution in [0.2, 0.25) is 0 Å². The molecule has 2 aliphatic rings. The Morgan fingerprint density at radius 3 is 2.60 bits per heavy atom. The van der Waals surface area contributed by atoms with Gasteiger partial charge in [0.15, 0.2) is 0 Å². The SMILES string of the molecule is CN(C(=O)CN1CCc2ccccc2C1)C1CCCc2ccccc21. The first kappa shape index (κ1) is 16.3. The van der Waals surface area contributed by atoms with E-state index in [0.29, 0.717) is 6.54 Å². The van der Waals surface area contributed by atoms with Gasteiger partial charge >= 0.3 is 0 Å². The molecule has 0 saturated heterocycles. The molecule has 2 aromatic carbocycles. The number of hydrogen-bond donors (Lipinski definition) is 0. The van der Waals surface area contributed by atoms with Gasteiger partial charge in [-0.05, 0) is 47.9 Å². The Labute approximate surface area is 150 Å². The Kier molecular flexibility index (Phi) is 4.58. The van der Waals surface area contributed by atoms with Crippen LogP contribution in [0.3, 0.4) is 0 Å². The molecule has 1 aliphatic heterocycles. The second-order valence-corrected chi connectivity index (χ2v) is 7.34. The molecule has 0 radical (unpaired) electrons. The Balaban J connectivity index is 1.44. The fourth-order valence-electron chi connectivity index (χ4n) is 4.30. The van der Waals surface area contributed by atoms with Crippen molar-refractivity contribution in [3.8, 4) is 0 Å². The van der Waals surface area contributed by atoms with Crippen LogP contribution < -0.4 is 0 Å². The van der Waals surface area contributed by atoms with Crippen LogP contribution >= 0.6 is 0 Å². The molecule has 0 bridgehead atoms. The van der Waals surface area contributed by atoms with Gasteiger partial charge in [0, 0.05) is 20.1 Å². The molecule has 0 aromatic heterocycles. The number of amides is 1. The normalized spacial score (nSPS) is 19.8. The lowest BCUT2D eigenvalue weighted by Crippen LogP contribution is -2.42. The van der Waals surface area contributed by atoms with Crippen LogP contribution in [0.15, 0.2) is 48.5 Å². The van der Waals surface area contributed by atoms with Crippen molar-refractivity contribution in [2.24, 2.45) is 0 Å². The van der Waals surface area contributed by atoms with E-state index in [9.17, 15) is 4.79 Å². The van der Waals surface area contributed by atoms with Crippen molar-refractivity contribution < 1.29 is 4.79 Å². The van der Waals surface area contributed by atoms with Crippen molar-refractivity contribution in [2.75, 3.05) is 20.1 Å². The summed E-state index contributed by atoms with van der Waals surface area (Å²) in [6.07, 6.45) is 4.41. The van der Waals surface area contributed by atoms with Gasteiger partial charge in [-0.25, -0.2) is 0 Å². The Bertz CT molecular complexity index is 770. The van der Waals surface area contributed by atoms with Gasteiger partial charge in [0.05, 0.1) is 12.6 Å². The molecule has 2 aromatic rings. The number of aryl methyl sites for hydroxylation is 1. The van der Waals surface area contributed by atoms with E-state index in [4.69, 9.17) is 0 Å². The molecule has 1 heterocycles. The Morgan fingerprint density at radius 2 is 1.76 bits per heavy atom. The molecule has 0 spiro atoms. The highest BCUT2D eigenvalue weighted by atomic mass is 16.2. The maximum Gasteiger partial charge on any atom is 0.237 e. The van der Waals surface area contributed by atoms with Gasteiger partial charge < -0.3 is 4.90 Å². The van der Waals surface area contributed by atoms with Crippen molar-refractivity contribution in [1.82, 2.24) is 9.80 Å². The zero-order chi connectivity index (χ0) is 17.2. The molecule has 0 fully saturated rings. The molecular weight excluding hydrogens is 308 g/mol. The van der Waals surface area contributed by atoms with Crippen molar-refractivity contribution in [3.63, 3.8) is 0 Å². The van der Waals surface area contributed by atoms with Gasteiger partial charge in [-0.3, -0.25) is 9.69 Å². The van der Waals surface area contributed by atoms with Crippen molar-refractivity contribution in [3.05, 3.63) is 70.8 Å². The van der Waals surface area contributed by atoms with E-state index < -0.39 is 0 Å². The van der Waals surface area contributed by atoms with Gasteiger partial charge in [0.2, 0.25) is 5.91 Å². The van der Waals surface area contributed by atoms with E-state index in [2.05, 4.69) is 53.4 Å². The van der Waals surface area contributed by atoms with E-state index >= 15 is 0 Å². The predicted molar refractivity (Wildman–Crippen MR) is 100 cm³/mol. The van der Waals surface area contributed by atoms with Gasteiger partial charge in [-0.15, -0.1) is 0 Å². The third-order valence-electron chi connectivity index (χ3n) is 5.77. The summed E-state index contributed by atoms with van der Waals surface area (Å²) in [6, 6.07) is 17.4. The van der Waals surface area contributed by atoms with E-state index in [1.165, 1.54) is 22.3 Å². The summed E-state index contributed by atoms with van der Waals surface area (Å²) in [4.78, 5) is 17.2. The van der Waals surface area contributed by atoms with Crippen molar-refractivity contribution in [2.45, 2.75) is 38.3 Å². The smallest absolute Gasteiger partial charge is 0.237 e. The van der Waals surface area contributed by atoms with Crippen LogP contribution in [-0.4, -0.2) is 35.8 Å². The number of likely N-dealkylation sites (N-methyl/N-ethyl adjacent to an activating group) is 1. The molecule has 1 unspecified atom stereocenters. The molecule has 3 heteroatoms. The number of rotatable bonds is 3. The minimum absolute atomic E-state index is 0.231. The molecular formula is C22H26N2O. The monoisotopic (exact) mass is 334 g/mol. The highest BCUT2D eigenvalue weighted by Crippen LogP contribution is 2.33. The lowest BCUT2D eigenvalue weighted by atomic mass is 9.87. The fraction of sp³-hybridized carbons (Fsp3) is 0.409. The molecule has 0 N–H and O–H groups in total. The molecule has 25 heavy (non-hydrogen) atoms. The number of hydrogen-bond acceptors (Lipinski definition) is 2. The topological polar surface area (TPSA) is 23.6 Å². The Hall–Kier alpha value is -2.13. The summed E-state index contributed by atoms with van der Waals surface area (Å²) in [6.45, 7) is 2.37. The number of carbonyl (C=O) groups excluding carboxylic acids is 1. The Morgan fingerprint density at radius 1 is 1.04 bits per heavy atom. The molecule has 130 valence electrons. The third kappa shape index (κ3) is 3.34. The second kappa shape index (κ2) is 7.01. The standard InChI is InChI=1S/C22H26N2O/c1-23(21-12-6-10-18-8-4-5-11-20(18)21)22(25)16-24-14-13-17-7-2-3-9-19(17)15-24/h2-5,7-9,11,21H,6,10,12-16H2,1H3. The largest absolute Gasteiger partial charge is 0.338 e. The highest BCUT2D eigenvalue weighted by Gasteiger charge is 2.28. The van der Waals surface area contributed by atoms with Crippen molar-refractivity contribution in [1.29, 1.82) is 0 Å². The molecule has 0 saturated carbocycles. The first-order valence-electron chi connectivity index (χ1n) is 9.35. The van der Waals surface area contributed by atoms with Gasteiger partial charge in [0.25, 0.3) is 0 Å². The first-order chi connectivity index (χ1) is 12.2. The molecule has 1 atom stereocenters. The van der Waals surface area contributed by atoms with Crippen LogP contribution in [0.5, 0.6) is 0 Å². The van der Waals surface area contributed by atoms with Gasteiger partial charge in [-0.2, -0.15) is 0 Å². The van der Waals surface area contributed by atoms with Crippen LogP contribution in [-0.2, 0) is 24.2 Å². The third-order valence-corrected chi connectivity index (χ3v) is 5.77. The van der Waals surface area contributed by atoms with E-state index in [1.807, 2.05) is 11.9 Å². The van der Waals surface area contributed by atoms with Crippen LogP contribution in [0, 0.1) is 0 Å². The van der Waals surface area contributed by atoms with E-state index in [1.54, 1.807) is 0 Å². The molecule has 1 aliphatic carbocycles. The molecule has 3 nitrogen and oxygen atoms in total. The quantitative estimate of drug-likeness (QED) is 0.856. The summed E-state index contributed by atoms with van der Waals surface area (Å²) in [7, 11) is 1.98. The number of carbonyl (C=O) groups is 1. The summed E-state index contributed by atoms with van der Waals surface area (Å²) < 4.78 is 0. The van der Waals surface area contributed by atoms with E-state index in [0.717, 1.165) is 38.8 Å². The van der Waals surface area contributed by atoms with Crippen LogP contribution in [0.25, 0.3) is 0 Å². The van der Waals surface area contributed by atoms with Crippen LogP contribution in [0.4, 0.5) is 0 Å². The minimum Gasteiger partial charge on any atom is -0.338 e. The number of benzene rings is 2. The van der Waals surface area contributed by atoms with Gasteiger partial charge in [-0.1, -0.05) is 48.5 Å². The van der Waals surface area contributed by atoms with Gasteiger partial charge in [0.1, 0.15) is 0 Å². The zero-order valence-electron chi connectivity index (χ0n) is 14.9. The van der Waals surface area contributed by atoms with Crippen molar-refractivity contribution >= 4 is 5.91 Å². The number of fused-ring (bicyclic) bond motifs is 2. The van der Waals surface area contributed by atoms with E-state index in [-0.39, 0.29) is 11.9 Å². The predicted octanol–water partition coefficient (Wildman–Crippen LogP) is 3.58. The fourth-order valence-corrected chi connectivity index (χ4v) is 4.30. The minimum atomic E-state index is 0.231. The summed E-state index contributed by atoms with van der Waals surface area (Å²) in [5.74, 6) is 0.237. The lowest BCUT2D eigenvalue weighted by Gasteiger charge is -2.35. The molecule has 1 amide bonds.